The average Bonchev–Trinajstić information content (AvgIpc) is 3.04. The van der Waals surface area contributed by atoms with Gasteiger partial charge in [-0.25, -0.2) is 4.79 Å². The molecule has 0 fully saturated rings. The van der Waals surface area contributed by atoms with Crippen LogP contribution in [0.1, 0.15) is 34.2 Å². The van der Waals surface area contributed by atoms with E-state index in [1.54, 1.807) is 12.1 Å². The van der Waals surface area contributed by atoms with E-state index < -0.39 is 5.97 Å². The summed E-state index contributed by atoms with van der Waals surface area (Å²) in [4.78, 5) is 24.6. The summed E-state index contributed by atoms with van der Waals surface area (Å²) >= 11 is 0. The number of carbonyl (C=O) groups excluding carboxylic acids is 2. The minimum absolute atomic E-state index is 0.331. The third kappa shape index (κ3) is 4.31. The second-order valence-electron chi connectivity index (χ2n) is 6.64. The highest BCUT2D eigenvalue weighted by atomic mass is 16.5. The molecule has 0 saturated heterocycles. The van der Waals surface area contributed by atoms with Gasteiger partial charge in [-0.1, -0.05) is 31.2 Å². The van der Waals surface area contributed by atoms with E-state index in [9.17, 15) is 9.59 Å². The number of carbonyl (C=O) groups is 2. The molecule has 1 heterocycles. The molecule has 1 amide bonds. The van der Waals surface area contributed by atoms with Gasteiger partial charge in [0.05, 0.1) is 5.56 Å². The van der Waals surface area contributed by atoms with E-state index in [4.69, 9.17) is 4.74 Å². The molecule has 5 nitrogen and oxygen atoms in total. The number of amides is 1. The fourth-order valence-electron chi connectivity index (χ4n) is 3.20. The number of nitrogens with zero attached hydrogens (tertiary/aromatic N) is 1. The topological polar surface area (TPSA) is 60.3 Å². The van der Waals surface area contributed by atoms with Crippen LogP contribution in [0.4, 0.5) is 5.69 Å². The minimum atomic E-state index is -0.525. The highest BCUT2D eigenvalue weighted by Crippen LogP contribution is 2.18. The summed E-state index contributed by atoms with van der Waals surface area (Å²) in [6, 6.07) is 18.8. The summed E-state index contributed by atoms with van der Waals surface area (Å²) in [7, 11) is 0. The Labute approximate surface area is 165 Å². The zero-order valence-corrected chi connectivity index (χ0v) is 16.4. The summed E-state index contributed by atoms with van der Waals surface area (Å²) in [5.74, 6) is -0.884. The molecule has 0 saturated carbocycles. The maximum absolute atomic E-state index is 12.4. The van der Waals surface area contributed by atoms with Crippen LogP contribution in [-0.4, -0.2) is 23.1 Å². The number of nitrogens with one attached hydrogen (secondary N) is 1. The second-order valence-corrected chi connectivity index (χ2v) is 6.64. The molecule has 5 heteroatoms. The number of rotatable bonds is 6. The highest BCUT2D eigenvalue weighted by Gasteiger charge is 2.13. The SMILES string of the molecule is CCc1ccccc1NC(=O)COC(=O)c1cccc(-n2c(C)ccc2C)c1. The predicted molar refractivity (Wildman–Crippen MR) is 110 cm³/mol. The first-order chi connectivity index (χ1) is 13.5. The lowest BCUT2D eigenvalue weighted by atomic mass is 10.1. The molecular formula is C23H24N2O3. The number of aromatic nitrogens is 1. The Kier molecular flexibility index (Phi) is 5.94. The zero-order chi connectivity index (χ0) is 20.1. The first-order valence-electron chi connectivity index (χ1n) is 9.30. The Morgan fingerprint density at radius 1 is 0.964 bits per heavy atom. The number of esters is 1. The van der Waals surface area contributed by atoms with E-state index in [0.717, 1.165) is 34.7 Å². The number of anilines is 1. The van der Waals surface area contributed by atoms with Crippen LogP contribution in [0.2, 0.25) is 0 Å². The molecule has 0 unspecified atom stereocenters. The van der Waals surface area contributed by atoms with Crippen molar-refractivity contribution >= 4 is 17.6 Å². The third-order valence-corrected chi connectivity index (χ3v) is 4.62. The Balaban J connectivity index is 1.65. The first kappa shape index (κ1) is 19.4. The van der Waals surface area contributed by atoms with Gasteiger partial charge in [-0.15, -0.1) is 0 Å². The molecule has 144 valence electrons. The Bertz CT molecular complexity index is 985. The lowest BCUT2D eigenvalue weighted by molar-refractivity contribution is -0.119. The van der Waals surface area contributed by atoms with E-state index in [1.807, 2.05) is 69.3 Å². The van der Waals surface area contributed by atoms with Crippen LogP contribution in [0, 0.1) is 13.8 Å². The maximum atomic E-state index is 12.4. The van der Waals surface area contributed by atoms with Gasteiger partial charge in [0.25, 0.3) is 5.91 Å². The van der Waals surface area contributed by atoms with Crippen molar-refractivity contribution in [2.24, 2.45) is 0 Å². The fourth-order valence-corrected chi connectivity index (χ4v) is 3.20. The third-order valence-electron chi connectivity index (χ3n) is 4.62. The summed E-state index contributed by atoms with van der Waals surface area (Å²) in [5.41, 5.74) is 5.23. The number of ether oxygens (including phenoxy) is 1. The highest BCUT2D eigenvalue weighted by molar-refractivity contribution is 5.96. The van der Waals surface area contributed by atoms with Gasteiger partial charge in [-0.05, 0) is 62.2 Å². The van der Waals surface area contributed by atoms with Gasteiger partial charge in [0, 0.05) is 22.8 Å². The van der Waals surface area contributed by atoms with Crippen molar-refractivity contribution in [3.05, 3.63) is 83.2 Å². The van der Waals surface area contributed by atoms with Crippen LogP contribution in [0.25, 0.3) is 5.69 Å². The van der Waals surface area contributed by atoms with Crippen LogP contribution >= 0.6 is 0 Å². The van der Waals surface area contributed by atoms with E-state index in [0.29, 0.717) is 5.56 Å². The molecule has 0 spiro atoms. The standard InChI is InChI=1S/C23H24N2O3/c1-4-18-8-5-6-11-21(18)24-22(26)15-28-23(27)19-9-7-10-20(14-19)25-16(2)12-13-17(25)3/h5-14H,4,15H2,1-3H3,(H,24,26). The Morgan fingerprint density at radius 3 is 2.39 bits per heavy atom. The van der Waals surface area contributed by atoms with Crippen LogP contribution < -0.4 is 5.32 Å². The van der Waals surface area contributed by atoms with Gasteiger partial charge in [0.2, 0.25) is 0 Å². The van der Waals surface area contributed by atoms with Crippen LogP contribution in [-0.2, 0) is 16.0 Å². The summed E-state index contributed by atoms with van der Waals surface area (Å²) in [6.07, 6.45) is 0.807. The molecule has 0 aliphatic rings. The number of benzene rings is 2. The fraction of sp³-hybridized carbons (Fsp3) is 0.217. The summed E-state index contributed by atoms with van der Waals surface area (Å²) in [6.45, 7) is 5.71. The van der Waals surface area contributed by atoms with Crippen molar-refractivity contribution in [3.63, 3.8) is 0 Å². The van der Waals surface area contributed by atoms with Crippen molar-refractivity contribution in [2.45, 2.75) is 27.2 Å². The van der Waals surface area contributed by atoms with Crippen molar-refractivity contribution in [3.8, 4) is 5.69 Å². The molecule has 1 aromatic heterocycles. The molecule has 0 aliphatic heterocycles. The Hall–Kier alpha value is -3.34. The number of hydrogen-bond acceptors (Lipinski definition) is 3. The maximum Gasteiger partial charge on any atom is 0.338 e. The molecule has 1 N–H and O–H groups in total. The van der Waals surface area contributed by atoms with Gasteiger partial charge in [-0.3, -0.25) is 4.79 Å². The van der Waals surface area contributed by atoms with Gasteiger partial charge < -0.3 is 14.6 Å². The number of hydrogen-bond donors (Lipinski definition) is 1. The van der Waals surface area contributed by atoms with Gasteiger partial charge in [0.15, 0.2) is 6.61 Å². The second kappa shape index (κ2) is 8.57. The summed E-state index contributed by atoms with van der Waals surface area (Å²) < 4.78 is 7.27. The van der Waals surface area contributed by atoms with Crippen LogP contribution in [0.15, 0.2) is 60.7 Å². The molecule has 0 atom stereocenters. The van der Waals surface area contributed by atoms with E-state index in [2.05, 4.69) is 9.88 Å². The van der Waals surface area contributed by atoms with Gasteiger partial charge in [-0.2, -0.15) is 0 Å². The van der Waals surface area contributed by atoms with Gasteiger partial charge in [0.1, 0.15) is 0 Å². The normalized spacial score (nSPS) is 10.5. The van der Waals surface area contributed by atoms with Crippen LogP contribution in [0.3, 0.4) is 0 Å². The molecule has 3 rings (SSSR count). The predicted octanol–water partition coefficient (Wildman–Crippen LogP) is 4.45. The van der Waals surface area contributed by atoms with Crippen molar-refractivity contribution < 1.29 is 14.3 Å². The quantitative estimate of drug-likeness (QED) is 0.647. The average molecular weight is 376 g/mol. The molecule has 2 aromatic carbocycles. The van der Waals surface area contributed by atoms with Crippen molar-refractivity contribution in [1.29, 1.82) is 0 Å². The zero-order valence-electron chi connectivity index (χ0n) is 16.4. The van der Waals surface area contributed by atoms with Crippen LogP contribution in [0.5, 0.6) is 0 Å². The minimum Gasteiger partial charge on any atom is -0.452 e. The molecule has 0 bridgehead atoms. The molecule has 3 aromatic rings. The molecule has 0 radical (unpaired) electrons. The Morgan fingerprint density at radius 2 is 1.68 bits per heavy atom. The van der Waals surface area contributed by atoms with E-state index in [1.165, 1.54) is 0 Å². The lowest BCUT2D eigenvalue weighted by Gasteiger charge is -2.12. The van der Waals surface area contributed by atoms with Gasteiger partial charge >= 0.3 is 5.97 Å². The number of aryl methyl sites for hydroxylation is 3. The largest absolute Gasteiger partial charge is 0.452 e. The van der Waals surface area contributed by atoms with Crippen molar-refractivity contribution in [1.82, 2.24) is 4.57 Å². The van der Waals surface area contributed by atoms with Crippen molar-refractivity contribution in [2.75, 3.05) is 11.9 Å². The number of para-hydroxylation sites is 1. The smallest absolute Gasteiger partial charge is 0.338 e. The van der Waals surface area contributed by atoms with E-state index >= 15 is 0 Å². The first-order valence-corrected chi connectivity index (χ1v) is 9.30. The monoisotopic (exact) mass is 376 g/mol. The molecular weight excluding hydrogens is 352 g/mol. The molecule has 28 heavy (non-hydrogen) atoms. The summed E-state index contributed by atoms with van der Waals surface area (Å²) in [5, 5.41) is 2.80. The lowest BCUT2D eigenvalue weighted by Crippen LogP contribution is -2.21. The van der Waals surface area contributed by atoms with E-state index in [-0.39, 0.29) is 12.5 Å². The molecule has 0 aliphatic carbocycles.